The average Bonchev–Trinajstić information content (AvgIpc) is 3.11. The molecule has 1 saturated heterocycles. The van der Waals surface area contributed by atoms with Crippen LogP contribution in [0.4, 0.5) is 0 Å². The molecule has 4 rings (SSSR count). The van der Waals surface area contributed by atoms with Crippen molar-refractivity contribution >= 4 is 16.9 Å². The molecular weight excluding hydrogens is 350 g/mol. The Morgan fingerprint density at radius 2 is 1.79 bits per heavy atom. The number of piperidine rings is 1. The Balaban J connectivity index is 1.46. The van der Waals surface area contributed by atoms with E-state index in [2.05, 4.69) is 30.3 Å². The molecule has 0 bridgehead atoms. The van der Waals surface area contributed by atoms with E-state index in [-0.39, 0.29) is 5.91 Å². The maximum atomic E-state index is 13.2. The van der Waals surface area contributed by atoms with Crippen LogP contribution in [0.25, 0.3) is 11.0 Å². The molecule has 0 aliphatic carbocycles. The van der Waals surface area contributed by atoms with E-state index in [1.165, 1.54) is 5.56 Å². The van der Waals surface area contributed by atoms with E-state index in [0.717, 1.165) is 48.9 Å². The van der Waals surface area contributed by atoms with Crippen LogP contribution in [0, 0.1) is 5.92 Å². The van der Waals surface area contributed by atoms with E-state index in [9.17, 15) is 4.79 Å². The zero-order valence-electron chi connectivity index (χ0n) is 16.4. The van der Waals surface area contributed by atoms with Crippen molar-refractivity contribution in [3.63, 3.8) is 0 Å². The number of para-hydroxylation sites is 1. The Labute approximate surface area is 166 Å². The van der Waals surface area contributed by atoms with Crippen LogP contribution in [0.15, 0.2) is 59.0 Å². The predicted octanol–water partition coefficient (Wildman–Crippen LogP) is 5.06. The van der Waals surface area contributed by atoms with Gasteiger partial charge in [-0.15, -0.1) is 0 Å². The Bertz CT molecular complexity index is 923. The fourth-order valence-electron chi connectivity index (χ4n) is 4.05. The molecule has 0 radical (unpaired) electrons. The lowest BCUT2D eigenvalue weighted by atomic mass is 9.90. The molecule has 1 aliphatic heterocycles. The van der Waals surface area contributed by atoms with Crippen molar-refractivity contribution in [3.05, 3.63) is 71.5 Å². The number of rotatable bonds is 6. The second-order valence-electron chi connectivity index (χ2n) is 7.47. The van der Waals surface area contributed by atoms with Gasteiger partial charge in [0.05, 0.1) is 6.61 Å². The van der Waals surface area contributed by atoms with Crippen LogP contribution >= 0.6 is 0 Å². The van der Waals surface area contributed by atoms with Crippen LogP contribution in [0.1, 0.15) is 41.4 Å². The molecule has 1 aromatic heterocycles. The summed E-state index contributed by atoms with van der Waals surface area (Å²) in [6.45, 7) is 4.53. The van der Waals surface area contributed by atoms with E-state index < -0.39 is 0 Å². The molecule has 0 saturated carbocycles. The average molecular weight is 377 g/mol. The fraction of sp³-hybridized carbons (Fsp3) is 0.375. The third-order valence-electron chi connectivity index (χ3n) is 5.61. The lowest BCUT2D eigenvalue weighted by molar-refractivity contribution is 0.0651. The Morgan fingerprint density at radius 1 is 1.07 bits per heavy atom. The molecule has 0 atom stereocenters. The number of furan rings is 1. The van der Waals surface area contributed by atoms with Gasteiger partial charge in [-0.3, -0.25) is 4.79 Å². The highest BCUT2D eigenvalue weighted by atomic mass is 16.5. The van der Waals surface area contributed by atoms with Gasteiger partial charge < -0.3 is 14.1 Å². The molecule has 2 aromatic carbocycles. The van der Waals surface area contributed by atoms with Gasteiger partial charge in [0.15, 0.2) is 5.76 Å². The number of hydrogen-bond acceptors (Lipinski definition) is 3. The normalized spacial score (nSPS) is 15.2. The Morgan fingerprint density at radius 3 is 2.54 bits per heavy atom. The highest BCUT2D eigenvalue weighted by Gasteiger charge is 2.28. The first-order valence-corrected chi connectivity index (χ1v) is 10.2. The zero-order valence-corrected chi connectivity index (χ0v) is 16.4. The quantitative estimate of drug-likeness (QED) is 0.603. The van der Waals surface area contributed by atoms with E-state index in [4.69, 9.17) is 9.15 Å². The number of carbonyl (C=O) groups is 1. The molecule has 2 heterocycles. The molecule has 4 nitrogen and oxygen atoms in total. The Kier molecular flexibility index (Phi) is 5.77. The molecule has 28 heavy (non-hydrogen) atoms. The van der Waals surface area contributed by atoms with E-state index in [0.29, 0.717) is 24.9 Å². The van der Waals surface area contributed by atoms with Gasteiger partial charge in [0, 0.05) is 30.6 Å². The maximum absolute atomic E-state index is 13.2. The first-order valence-electron chi connectivity index (χ1n) is 10.2. The lowest BCUT2D eigenvalue weighted by Gasteiger charge is -2.31. The molecule has 0 unspecified atom stereocenters. The molecule has 3 aromatic rings. The summed E-state index contributed by atoms with van der Waals surface area (Å²) >= 11 is 0. The van der Waals surface area contributed by atoms with Crippen molar-refractivity contribution in [1.82, 2.24) is 4.90 Å². The summed E-state index contributed by atoms with van der Waals surface area (Å²) in [5, 5.41) is 0.971. The number of benzene rings is 2. The molecule has 1 aliphatic rings. The van der Waals surface area contributed by atoms with E-state index >= 15 is 0 Å². The second kappa shape index (κ2) is 8.61. The number of fused-ring (bicyclic) bond motifs is 1. The lowest BCUT2D eigenvalue weighted by Crippen LogP contribution is -2.39. The number of carbonyl (C=O) groups excluding carboxylic acids is 1. The van der Waals surface area contributed by atoms with Crippen LogP contribution in [0.2, 0.25) is 0 Å². The molecule has 1 fully saturated rings. The van der Waals surface area contributed by atoms with Gasteiger partial charge in [-0.25, -0.2) is 0 Å². The summed E-state index contributed by atoms with van der Waals surface area (Å²) in [7, 11) is 0. The van der Waals surface area contributed by atoms with E-state index in [1.54, 1.807) is 0 Å². The van der Waals surface area contributed by atoms with Crippen molar-refractivity contribution in [2.45, 2.75) is 32.8 Å². The SMILES string of the molecule is CCOCc1c(C(=O)N2CCC(Cc3ccccc3)CC2)oc2ccccc12. The third kappa shape index (κ3) is 3.97. The van der Waals surface area contributed by atoms with Gasteiger partial charge in [0.2, 0.25) is 0 Å². The topological polar surface area (TPSA) is 42.7 Å². The smallest absolute Gasteiger partial charge is 0.289 e. The first kappa shape index (κ1) is 18.8. The van der Waals surface area contributed by atoms with Gasteiger partial charge >= 0.3 is 0 Å². The number of hydrogen-bond donors (Lipinski definition) is 0. The number of likely N-dealkylation sites (tertiary alicyclic amines) is 1. The van der Waals surface area contributed by atoms with Gasteiger partial charge in [0.25, 0.3) is 5.91 Å². The summed E-state index contributed by atoms with van der Waals surface area (Å²) in [6, 6.07) is 18.4. The molecule has 1 amide bonds. The van der Waals surface area contributed by atoms with Crippen LogP contribution in [-0.2, 0) is 17.8 Å². The predicted molar refractivity (Wildman–Crippen MR) is 110 cm³/mol. The summed E-state index contributed by atoms with van der Waals surface area (Å²) in [4.78, 5) is 15.1. The van der Waals surface area contributed by atoms with Crippen LogP contribution in [0.3, 0.4) is 0 Å². The van der Waals surface area contributed by atoms with Crippen LogP contribution < -0.4 is 0 Å². The van der Waals surface area contributed by atoms with Crippen molar-refractivity contribution in [2.75, 3.05) is 19.7 Å². The van der Waals surface area contributed by atoms with Crippen molar-refractivity contribution < 1.29 is 13.9 Å². The van der Waals surface area contributed by atoms with Crippen LogP contribution in [-0.4, -0.2) is 30.5 Å². The van der Waals surface area contributed by atoms with Crippen molar-refractivity contribution in [2.24, 2.45) is 5.92 Å². The zero-order chi connectivity index (χ0) is 19.3. The van der Waals surface area contributed by atoms with Gasteiger partial charge in [0.1, 0.15) is 5.58 Å². The van der Waals surface area contributed by atoms with Gasteiger partial charge in [-0.1, -0.05) is 48.5 Å². The summed E-state index contributed by atoms with van der Waals surface area (Å²) in [5.41, 5.74) is 3.00. The third-order valence-corrected chi connectivity index (χ3v) is 5.61. The Hall–Kier alpha value is -2.59. The minimum absolute atomic E-state index is 0.0101. The largest absolute Gasteiger partial charge is 0.451 e. The van der Waals surface area contributed by atoms with Gasteiger partial charge in [-0.2, -0.15) is 0 Å². The summed E-state index contributed by atoms with van der Waals surface area (Å²) < 4.78 is 11.6. The van der Waals surface area contributed by atoms with Crippen molar-refractivity contribution in [3.8, 4) is 0 Å². The van der Waals surface area contributed by atoms with Gasteiger partial charge in [-0.05, 0) is 43.7 Å². The summed E-state index contributed by atoms with van der Waals surface area (Å²) in [5.74, 6) is 1.06. The van der Waals surface area contributed by atoms with Crippen molar-refractivity contribution in [1.29, 1.82) is 0 Å². The number of nitrogens with zero attached hydrogens (tertiary/aromatic N) is 1. The molecule has 0 N–H and O–H groups in total. The van der Waals surface area contributed by atoms with Crippen LogP contribution in [0.5, 0.6) is 0 Å². The molecule has 146 valence electrons. The minimum Gasteiger partial charge on any atom is -0.451 e. The molecule has 0 spiro atoms. The molecule has 4 heteroatoms. The fourth-order valence-corrected chi connectivity index (χ4v) is 4.05. The highest BCUT2D eigenvalue weighted by Crippen LogP contribution is 2.29. The first-order chi connectivity index (χ1) is 13.8. The minimum atomic E-state index is -0.0101. The monoisotopic (exact) mass is 377 g/mol. The second-order valence-corrected chi connectivity index (χ2v) is 7.47. The highest BCUT2D eigenvalue weighted by molar-refractivity contribution is 5.99. The summed E-state index contributed by atoms with van der Waals surface area (Å²) in [6.07, 6.45) is 3.15. The van der Waals surface area contributed by atoms with E-state index in [1.807, 2.05) is 36.1 Å². The molecular formula is C24H27NO3. The number of amides is 1. The number of ether oxygens (including phenoxy) is 1. The maximum Gasteiger partial charge on any atom is 0.289 e. The standard InChI is InChI=1S/C24H27NO3/c1-2-27-17-21-20-10-6-7-11-22(20)28-23(21)24(26)25-14-12-19(13-15-25)16-18-8-4-3-5-9-18/h3-11,19H,2,12-17H2,1H3.